The third kappa shape index (κ3) is 4.20. The Hall–Kier alpha value is -4.06. The van der Waals surface area contributed by atoms with Gasteiger partial charge in [-0.25, -0.2) is 4.39 Å². The third-order valence-electron chi connectivity index (χ3n) is 5.55. The molecule has 0 saturated carbocycles. The van der Waals surface area contributed by atoms with Gasteiger partial charge in [-0.15, -0.1) is 0 Å². The van der Waals surface area contributed by atoms with Gasteiger partial charge in [-0.3, -0.25) is 4.79 Å². The highest BCUT2D eigenvalue weighted by atomic mass is 19.1. The number of carbonyl (C=O) groups is 1. The van der Waals surface area contributed by atoms with Gasteiger partial charge in [-0.1, -0.05) is 30.3 Å². The fourth-order valence-electron chi connectivity index (χ4n) is 3.95. The average molecular weight is 445 g/mol. The number of halogens is 1. The summed E-state index contributed by atoms with van der Waals surface area (Å²) in [6, 6.07) is 15.7. The van der Waals surface area contributed by atoms with E-state index >= 15 is 0 Å². The fourth-order valence-corrected chi connectivity index (χ4v) is 3.95. The smallest absolute Gasteiger partial charge is 0.248 e. The molecule has 1 aromatic heterocycles. The van der Waals surface area contributed by atoms with E-state index in [0.29, 0.717) is 16.9 Å². The predicted octanol–water partition coefficient (Wildman–Crippen LogP) is 6.61. The number of para-hydroxylation sites is 2. The number of fused-ring (bicyclic) bond motifs is 1. The summed E-state index contributed by atoms with van der Waals surface area (Å²) in [6.07, 6.45) is 3.13. The maximum absolute atomic E-state index is 13.9. The molecule has 168 valence electrons. The summed E-state index contributed by atoms with van der Waals surface area (Å²) in [6.45, 7) is 3.72. The molecule has 6 heteroatoms. The molecule has 1 heterocycles. The molecule has 0 saturated heterocycles. The van der Waals surface area contributed by atoms with Crippen LogP contribution in [0.2, 0.25) is 0 Å². The molecule has 4 rings (SSSR count). The lowest BCUT2D eigenvalue weighted by molar-refractivity contribution is -0.111. The van der Waals surface area contributed by atoms with Crippen LogP contribution < -0.4 is 14.8 Å². The van der Waals surface area contributed by atoms with Crippen LogP contribution in [0.3, 0.4) is 0 Å². The van der Waals surface area contributed by atoms with Gasteiger partial charge in [0, 0.05) is 33.7 Å². The summed E-state index contributed by atoms with van der Waals surface area (Å²) in [4.78, 5) is 12.6. The van der Waals surface area contributed by atoms with Crippen molar-refractivity contribution >= 4 is 28.1 Å². The lowest BCUT2D eigenvalue weighted by atomic mass is 9.96. The Morgan fingerprint density at radius 3 is 2.48 bits per heavy atom. The van der Waals surface area contributed by atoms with Crippen molar-refractivity contribution in [1.29, 1.82) is 0 Å². The van der Waals surface area contributed by atoms with Crippen LogP contribution in [0.15, 0.2) is 71.4 Å². The van der Waals surface area contributed by atoms with Gasteiger partial charge in [0.2, 0.25) is 5.91 Å². The number of carbonyl (C=O) groups excluding carboxylic acids is 1. The molecule has 1 N–H and O–H groups in total. The van der Waals surface area contributed by atoms with E-state index in [2.05, 4.69) is 5.32 Å². The predicted molar refractivity (Wildman–Crippen MR) is 128 cm³/mol. The summed E-state index contributed by atoms with van der Waals surface area (Å²) in [7, 11) is 3.20. The highest BCUT2D eigenvalue weighted by Crippen LogP contribution is 2.42. The number of rotatable bonds is 6. The van der Waals surface area contributed by atoms with Gasteiger partial charge in [0.1, 0.15) is 22.9 Å². The zero-order valence-electron chi connectivity index (χ0n) is 18.9. The van der Waals surface area contributed by atoms with Gasteiger partial charge in [0.05, 0.1) is 26.2 Å². The highest BCUT2D eigenvalue weighted by Gasteiger charge is 2.20. The summed E-state index contributed by atoms with van der Waals surface area (Å²) in [5.74, 6) is 0.406. The minimum absolute atomic E-state index is 0.124. The van der Waals surface area contributed by atoms with Crippen molar-refractivity contribution in [2.24, 2.45) is 0 Å². The van der Waals surface area contributed by atoms with Crippen molar-refractivity contribution in [1.82, 2.24) is 0 Å². The van der Waals surface area contributed by atoms with Crippen LogP contribution in [0.25, 0.3) is 27.7 Å². The first kappa shape index (κ1) is 22.1. The summed E-state index contributed by atoms with van der Waals surface area (Å²) < 4.78 is 31.0. The largest absolute Gasteiger partial charge is 0.496 e. The number of allylic oxidation sites excluding steroid dienone is 1. The number of methoxy groups -OCH3 is 2. The van der Waals surface area contributed by atoms with Crippen LogP contribution in [0.1, 0.15) is 18.1 Å². The minimum atomic E-state index is -0.494. The molecule has 0 atom stereocenters. The summed E-state index contributed by atoms with van der Waals surface area (Å²) in [5, 5.41) is 3.45. The second-order valence-corrected chi connectivity index (χ2v) is 7.61. The number of nitrogens with one attached hydrogen (secondary N) is 1. The standard InChI is InChI=1S/C27H24FNO4/c1-16(13-25(30)29-23-11-7-6-10-22(23)28)19-14-20-21(18-9-5-8-12-24(18)31-3)15-33-27(20)17(2)26(19)32-4/h5-15H,1-4H3,(H,29,30)/b16-13+. The first-order valence-corrected chi connectivity index (χ1v) is 10.4. The molecule has 1 amide bonds. The van der Waals surface area contributed by atoms with Gasteiger partial charge in [0.15, 0.2) is 0 Å². The number of hydrogen-bond donors (Lipinski definition) is 1. The second kappa shape index (κ2) is 9.20. The van der Waals surface area contributed by atoms with Gasteiger partial charge in [-0.05, 0) is 43.7 Å². The number of ether oxygens (including phenoxy) is 2. The van der Waals surface area contributed by atoms with Crippen molar-refractivity contribution in [2.75, 3.05) is 19.5 Å². The monoisotopic (exact) mass is 445 g/mol. The molecule has 0 fully saturated rings. The molecule has 0 radical (unpaired) electrons. The lowest BCUT2D eigenvalue weighted by Gasteiger charge is -2.14. The summed E-state index contributed by atoms with van der Waals surface area (Å²) in [5.41, 5.74) is 4.81. The van der Waals surface area contributed by atoms with Crippen LogP contribution in [-0.2, 0) is 4.79 Å². The molecule has 0 unspecified atom stereocenters. The first-order valence-electron chi connectivity index (χ1n) is 10.4. The second-order valence-electron chi connectivity index (χ2n) is 7.61. The first-order chi connectivity index (χ1) is 15.9. The molecular weight excluding hydrogens is 421 g/mol. The Morgan fingerprint density at radius 1 is 1.03 bits per heavy atom. The van der Waals surface area contributed by atoms with Crippen molar-refractivity contribution in [3.63, 3.8) is 0 Å². The molecule has 0 bridgehead atoms. The zero-order chi connectivity index (χ0) is 23.5. The van der Waals surface area contributed by atoms with E-state index in [1.165, 1.54) is 18.2 Å². The Balaban J connectivity index is 1.80. The van der Waals surface area contributed by atoms with Crippen LogP contribution in [0.4, 0.5) is 10.1 Å². The zero-order valence-corrected chi connectivity index (χ0v) is 18.9. The number of hydrogen-bond acceptors (Lipinski definition) is 4. The number of benzene rings is 3. The molecule has 0 aliphatic carbocycles. The van der Waals surface area contributed by atoms with Crippen LogP contribution >= 0.6 is 0 Å². The minimum Gasteiger partial charge on any atom is -0.496 e. The van der Waals surface area contributed by atoms with Gasteiger partial charge >= 0.3 is 0 Å². The van der Waals surface area contributed by atoms with Gasteiger partial charge in [0.25, 0.3) is 0 Å². The quantitative estimate of drug-likeness (QED) is 0.339. The van der Waals surface area contributed by atoms with Crippen LogP contribution in [0, 0.1) is 12.7 Å². The van der Waals surface area contributed by atoms with E-state index in [1.54, 1.807) is 32.6 Å². The average Bonchev–Trinajstić information content (AvgIpc) is 3.24. The molecule has 3 aromatic carbocycles. The van der Waals surface area contributed by atoms with E-state index < -0.39 is 11.7 Å². The molecule has 4 aromatic rings. The fraction of sp³-hybridized carbons (Fsp3) is 0.148. The Labute approximate surface area is 191 Å². The number of anilines is 1. The number of aryl methyl sites for hydroxylation is 1. The van der Waals surface area contributed by atoms with Crippen molar-refractivity contribution in [2.45, 2.75) is 13.8 Å². The topological polar surface area (TPSA) is 60.7 Å². The van der Waals surface area contributed by atoms with E-state index in [9.17, 15) is 9.18 Å². The van der Waals surface area contributed by atoms with E-state index in [0.717, 1.165) is 33.4 Å². The van der Waals surface area contributed by atoms with Crippen LogP contribution in [0.5, 0.6) is 11.5 Å². The summed E-state index contributed by atoms with van der Waals surface area (Å²) >= 11 is 0. The third-order valence-corrected chi connectivity index (χ3v) is 5.55. The Morgan fingerprint density at radius 2 is 1.76 bits per heavy atom. The van der Waals surface area contributed by atoms with E-state index in [-0.39, 0.29) is 5.69 Å². The van der Waals surface area contributed by atoms with Crippen LogP contribution in [-0.4, -0.2) is 20.1 Å². The van der Waals surface area contributed by atoms with Crippen molar-refractivity contribution in [3.05, 3.63) is 83.9 Å². The number of furan rings is 1. The Bertz CT molecular complexity index is 1370. The maximum Gasteiger partial charge on any atom is 0.248 e. The van der Waals surface area contributed by atoms with E-state index in [1.807, 2.05) is 44.2 Å². The Kier molecular flexibility index (Phi) is 6.18. The molecular formula is C27H24FNO4. The van der Waals surface area contributed by atoms with Crippen molar-refractivity contribution < 1.29 is 23.1 Å². The molecule has 33 heavy (non-hydrogen) atoms. The normalized spacial score (nSPS) is 11.5. The number of amides is 1. The highest BCUT2D eigenvalue weighted by molar-refractivity contribution is 6.06. The molecule has 0 aliphatic heterocycles. The van der Waals surface area contributed by atoms with Gasteiger partial charge < -0.3 is 19.2 Å². The van der Waals surface area contributed by atoms with Crippen molar-refractivity contribution in [3.8, 4) is 22.6 Å². The maximum atomic E-state index is 13.9. The van der Waals surface area contributed by atoms with E-state index in [4.69, 9.17) is 13.9 Å². The van der Waals surface area contributed by atoms with Gasteiger partial charge in [-0.2, -0.15) is 0 Å². The SMILES string of the molecule is COc1ccccc1-c1coc2c(C)c(OC)c(/C(C)=C/C(=O)Nc3ccccc3F)cc12. The molecule has 0 aliphatic rings. The lowest BCUT2D eigenvalue weighted by Crippen LogP contribution is -2.10. The molecule has 0 spiro atoms. The molecule has 5 nitrogen and oxygen atoms in total.